The Morgan fingerprint density at radius 3 is 3.00 bits per heavy atom. The van der Waals surface area contributed by atoms with Gasteiger partial charge in [-0.25, -0.2) is 4.39 Å². The van der Waals surface area contributed by atoms with Crippen molar-refractivity contribution < 1.29 is 19.0 Å². The van der Waals surface area contributed by atoms with E-state index in [0.717, 1.165) is 0 Å². The minimum Gasteiger partial charge on any atom is -0.498 e. The number of carbonyl (C=O) groups excluding carboxylic acids is 1. The molecule has 66 valence electrons. The fourth-order valence-electron chi connectivity index (χ4n) is 1.01. The second-order valence-corrected chi connectivity index (χ2v) is 2.45. The molecule has 0 heterocycles. The standard InChI is InChI=1S/C8H9FO3/c1-12-8-2-5(4-10)6(9)3-7(8)11/h2,4,7,11H,3H2,1H3. The smallest absolute Gasteiger partial charge is 0.152 e. The molecule has 1 aliphatic rings. The third-order valence-electron chi connectivity index (χ3n) is 1.67. The van der Waals surface area contributed by atoms with Crippen molar-refractivity contribution in [1.82, 2.24) is 0 Å². The van der Waals surface area contributed by atoms with Crippen molar-refractivity contribution in [2.24, 2.45) is 0 Å². The third-order valence-corrected chi connectivity index (χ3v) is 1.67. The predicted octanol–water partition coefficient (Wildman–Crippen LogP) is 0.704. The molecule has 0 spiro atoms. The lowest BCUT2D eigenvalue weighted by Gasteiger charge is -2.17. The van der Waals surface area contributed by atoms with E-state index in [-0.39, 0.29) is 17.8 Å². The van der Waals surface area contributed by atoms with Crippen molar-refractivity contribution in [3.05, 3.63) is 23.2 Å². The van der Waals surface area contributed by atoms with Crippen LogP contribution in [0.25, 0.3) is 0 Å². The lowest BCUT2D eigenvalue weighted by molar-refractivity contribution is -0.104. The molecule has 0 aromatic rings. The molecule has 0 saturated carbocycles. The van der Waals surface area contributed by atoms with Gasteiger partial charge in [0.25, 0.3) is 0 Å². The summed E-state index contributed by atoms with van der Waals surface area (Å²) >= 11 is 0. The summed E-state index contributed by atoms with van der Waals surface area (Å²) in [6.45, 7) is 0. The van der Waals surface area contributed by atoms with Crippen LogP contribution in [0.4, 0.5) is 4.39 Å². The molecule has 0 aromatic carbocycles. The number of carbonyl (C=O) groups is 1. The maximum absolute atomic E-state index is 12.8. The van der Waals surface area contributed by atoms with Gasteiger partial charge < -0.3 is 9.84 Å². The summed E-state index contributed by atoms with van der Waals surface area (Å²) in [4.78, 5) is 10.3. The van der Waals surface area contributed by atoms with E-state index >= 15 is 0 Å². The second-order valence-electron chi connectivity index (χ2n) is 2.45. The molecule has 1 atom stereocenters. The monoisotopic (exact) mass is 172 g/mol. The zero-order valence-electron chi connectivity index (χ0n) is 6.58. The van der Waals surface area contributed by atoms with Gasteiger partial charge in [0.05, 0.1) is 7.11 Å². The zero-order chi connectivity index (χ0) is 9.14. The van der Waals surface area contributed by atoms with Crippen LogP contribution in [0, 0.1) is 0 Å². The Hall–Kier alpha value is -1.16. The minimum atomic E-state index is -0.973. The van der Waals surface area contributed by atoms with Gasteiger partial charge in [0.1, 0.15) is 17.7 Å². The molecule has 3 nitrogen and oxygen atoms in total. The third kappa shape index (κ3) is 1.53. The highest BCUT2D eigenvalue weighted by Crippen LogP contribution is 2.24. The topological polar surface area (TPSA) is 46.5 Å². The van der Waals surface area contributed by atoms with Gasteiger partial charge in [-0.3, -0.25) is 4.79 Å². The SMILES string of the molecule is COC1=CC(C=O)=C(F)CC1O. The van der Waals surface area contributed by atoms with Crippen LogP contribution in [0.2, 0.25) is 0 Å². The van der Waals surface area contributed by atoms with Crippen LogP contribution in [0.15, 0.2) is 23.2 Å². The lowest BCUT2D eigenvalue weighted by Crippen LogP contribution is -2.16. The number of aldehydes is 1. The molecule has 0 bridgehead atoms. The van der Waals surface area contributed by atoms with Crippen molar-refractivity contribution >= 4 is 6.29 Å². The largest absolute Gasteiger partial charge is 0.498 e. The second kappa shape index (κ2) is 3.49. The molecule has 0 saturated heterocycles. The Kier molecular flexibility index (Phi) is 2.60. The van der Waals surface area contributed by atoms with E-state index in [2.05, 4.69) is 0 Å². The number of ether oxygens (including phenoxy) is 1. The van der Waals surface area contributed by atoms with Gasteiger partial charge in [-0.2, -0.15) is 0 Å². The molecule has 0 aromatic heterocycles. The normalized spacial score (nSPS) is 23.6. The van der Waals surface area contributed by atoms with Gasteiger partial charge in [0, 0.05) is 12.0 Å². The summed E-state index contributed by atoms with van der Waals surface area (Å²) in [5.74, 6) is -0.378. The first kappa shape index (κ1) is 8.93. The number of hydrogen-bond acceptors (Lipinski definition) is 3. The Morgan fingerprint density at radius 1 is 1.83 bits per heavy atom. The van der Waals surface area contributed by atoms with Crippen LogP contribution in [-0.4, -0.2) is 24.6 Å². The summed E-state index contributed by atoms with van der Waals surface area (Å²) in [7, 11) is 1.36. The lowest BCUT2D eigenvalue weighted by atomic mass is 10.0. The Bertz CT molecular complexity index is 255. The van der Waals surface area contributed by atoms with Crippen LogP contribution >= 0.6 is 0 Å². The molecule has 0 aliphatic heterocycles. The summed E-state index contributed by atoms with van der Waals surface area (Å²) in [6, 6.07) is 0. The number of rotatable bonds is 2. The molecule has 12 heavy (non-hydrogen) atoms. The maximum atomic E-state index is 12.8. The van der Waals surface area contributed by atoms with Crippen LogP contribution in [0.3, 0.4) is 0 Å². The quantitative estimate of drug-likeness (QED) is 0.624. The highest BCUT2D eigenvalue weighted by molar-refractivity contribution is 5.79. The first-order valence-corrected chi connectivity index (χ1v) is 3.46. The van der Waals surface area contributed by atoms with Crippen LogP contribution in [0.5, 0.6) is 0 Å². The number of aliphatic hydroxyl groups is 1. The van der Waals surface area contributed by atoms with Crippen molar-refractivity contribution in [1.29, 1.82) is 0 Å². The summed E-state index contributed by atoms with van der Waals surface area (Å²) < 4.78 is 17.5. The summed E-state index contributed by atoms with van der Waals surface area (Å²) in [5, 5.41) is 9.17. The average molecular weight is 172 g/mol. The van der Waals surface area contributed by atoms with E-state index in [1.165, 1.54) is 13.2 Å². The van der Waals surface area contributed by atoms with E-state index in [4.69, 9.17) is 9.84 Å². The van der Waals surface area contributed by atoms with Crippen molar-refractivity contribution in [2.75, 3.05) is 7.11 Å². The van der Waals surface area contributed by atoms with E-state index in [0.29, 0.717) is 6.29 Å². The van der Waals surface area contributed by atoms with Crippen molar-refractivity contribution in [2.45, 2.75) is 12.5 Å². The van der Waals surface area contributed by atoms with E-state index < -0.39 is 11.9 Å². The fraction of sp³-hybridized carbons (Fsp3) is 0.375. The van der Waals surface area contributed by atoms with Crippen LogP contribution < -0.4 is 0 Å². The van der Waals surface area contributed by atoms with Crippen molar-refractivity contribution in [3.63, 3.8) is 0 Å². The van der Waals surface area contributed by atoms with Gasteiger partial charge in [0.15, 0.2) is 6.29 Å². The van der Waals surface area contributed by atoms with Gasteiger partial charge in [-0.15, -0.1) is 0 Å². The number of hydrogen-bond donors (Lipinski definition) is 1. The molecular formula is C8H9FO3. The number of aliphatic hydroxyl groups excluding tert-OH is 1. The predicted molar refractivity (Wildman–Crippen MR) is 39.9 cm³/mol. The van der Waals surface area contributed by atoms with Crippen molar-refractivity contribution in [3.8, 4) is 0 Å². The molecule has 4 heteroatoms. The van der Waals surface area contributed by atoms with Gasteiger partial charge in [-0.1, -0.05) is 0 Å². The first-order valence-electron chi connectivity index (χ1n) is 3.46. The molecular weight excluding hydrogens is 163 g/mol. The molecule has 0 amide bonds. The number of halogens is 1. The highest BCUT2D eigenvalue weighted by Gasteiger charge is 2.21. The molecule has 1 unspecified atom stereocenters. The fourth-order valence-corrected chi connectivity index (χ4v) is 1.01. The number of allylic oxidation sites excluding steroid dienone is 2. The first-order chi connectivity index (χ1) is 5.69. The number of methoxy groups -OCH3 is 1. The highest BCUT2D eigenvalue weighted by atomic mass is 19.1. The van der Waals surface area contributed by atoms with Crippen LogP contribution in [0.1, 0.15) is 6.42 Å². The van der Waals surface area contributed by atoms with Gasteiger partial charge in [-0.05, 0) is 6.08 Å². The molecule has 1 rings (SSSR count). The van der Waals surface area contributed by atoms with E-state index in [1.54, 1.807) is 0 Å². The van der Waals surface area contributed by atoms with Gasteiger partial charge in [0.2, 0.25) is 0 Å². The molecule has 0 fully saturated rings. The average Bonchev–Trinajstić information content (AvgIpc) is 2.05. The van der Waals surface area contributed by atoms with E-state index in [1.807, 2.05) is 0 Å². The summed E-state index contributed by atoms with van der Waals surface area (Å²) in [6.07, 6.45) is 0.448. The van der Waals surface area contributed by atoms with Gasteiger partial charge >= 0.3 is 0 Å². The maximum Gasteiger partial charge on any atom is 0.152 e. The molecule has 0 radical (unpaired) electrons. The Balaban J connectivity index is 2.95. The zero-order valence-corrected chi connectivity index (χ0v) is 6.58. The Labute approximate surface area is 69.1 Å². The molecule has 1 aliphatic carbocycles. The summed E-state index contributed by atoms with van der Waals surface area (Å²) in [5.41, 5.74) is -0.0582. The molecule has 1 N–H and O–H groups in total. The Morgan fingerprint density at radius 2 is 2.50 bits per heavy atom. The van der Waals surface area contributed by atoms with E-state index in [9.17, 15) is 9.18 Å². The minimum absolute atomic E-state index is 0.0582. The van der Waals surface area contributed by atoms with Crippen LogP contribution in [-0.2, 0) is 9.53 Å².